The number of nitrogens with zero attached hydrogens (tertiary/aromatic N) is 3. The van der Waals surface area contributed by atoms with Gasteiger partial charge in [0.15, 0.2) is 11.5 Å². The van der Waals surface area contributed by atoms with Crippen LogP contribution in [0, 0.1) is 17.7 Å². The van der Waals surface area contributed by atoms with Gasteiger partial charge in [-0.3, -0.25) is 10.0 Å². The molecular formula is C22H22FN3O6S. The lowest BCUT2D eigenvalue weighted by molar-refractivity contribution is -0.153. The van der Waals surface area contributed by atoms with E-state index >= 15 is 0 Å². The second-order valence-electron chi connectivity index (χ2n) is 7.48. The monoisotopic (exact) mass is 475 g/mol. The number of fused-ring (bicyclic) bond motifs is 1. The molecule has 2 aromatic carbocycles. The number of benzene rings is 2. The zero-order valence-electron chi connectivity index (χ0n) is 17.6. The number of ether oxygens (including phenoxy) is 2. The average molecular weight is 475 g/mol. The van der Waals surface area contributed by atoms with Crippen molar-refractivity contribution in [3.8, 4) is 23.3 Å². The molecule has 1 amide bonds. The van der Waals surface area contributed by atoms with Crippen LogP contribution in [0.3, 0.4) is 0 Å². The molecule has 0 radical (unpaired) electrons. The van der Waals surface area contributed by atoms with E-state index in [1.165, 1.54) is 16.4 Å². The second kappa shape index (κ2) is 9.66. The molecule has 2 aromatic rings. The normalized spacial score (nSPS) is 16.6. The average Bonchev–Trinajstić information content (AvgIpc) is 3.30. The van der Waals surface area contributed by atoms with Gasteiger partial charge in [-0.2, -0.15) is 4.31 Å². The van der Waals surface area contributed by atoms with Gasteiger partial charge in [-0.05, 0) is 42.5 Å². The van der Waals surface area contributed by atoms with Crippen molar-refractivity contribution < 1.29 is 32.3 Å². The molecule has 0 aliphatic carbocycles. The van der Waals surface area contributed by atoms with E-state index in [-0.39, 0.29) is 37.2 Å². The molecular weight excluding hydrogens is 453 g/mol. The first kappa shape index (κ1) is 22.8. The summed E-state index contributed by atoms with van der Waals surface area (Å²) < 4.78 is 50.9. The minimum absolute atomic E-state index is 0.108. The summed E-state index contributed by atoms with van der Waals surface area (Å²) in [5.74, 6) is 5.64. The number of halogens is 1. The van der Waals surface area contributed by atoms with Gasteiger partial charge >= 0.3 is 0 Å². The fourth-order valence-electron chi connectivity index (χ4n) is 3.58. The highest BCUT2D eigenvalue weighted by molar-refractivity contribution is 7.89. The first-order valence-electron chi connectivity index (χ1n) is 10.2. The Morgan fingerprint density at radius 1 is 1.09 bits per heavy atom. The van der Waals surface area contributed by atoms with Crippen LogP contribution in [-0.2, 0) is 14.8 Å². The second-order valence-corrected chi connectivity index (χ2v) is 9.49. The van der Waals surface area contributed by atoms with Gasteiger partial charge in [0, 0.05) is 37.4 Å². The first-order chi connectivity index (χ1) is 15.9. The van der Waals surface area contributed by atoms with E-state index < -0.39 is 21.8 Å². The van der Waals surface area contributed by atoms with Gasteiger partial charge in [0.2, 0.25) is 23.2 Å². The van der Waals surface area contributed by atoms with Crippen LogP contribution < -0.4 is 14.4 Å². The zero-order valence-corrected chi connectivity index (χ0v) is 18.4. The van der Waals surface area contributed by atoms with Crippen LogP contribution in [0.15, 0.2) is 42.5 Å². The van der Waals surface area contributed by atoms with Crippen molar-refractivity contribution in [3.63, 3.8) is 0 Å². The van der Waals surface area contributed by atoms with Crippen LogP contribution >= 0.6 is 0 Å². The predicted octanol–water partition coefficient (Wildman–Crippen LogP) is 1.27. The highest BCUT2D eigenvalue weighted by atomic mass is 32.2. The van der Waals surface area contributed by atoms with Crippen molar-refractivity contribution in [2.24, 2.45) is 0 Å². The first-order valence-corrected chi connectivity index (χ1v) is 11.8. The van der Waals surface area contributed by atoms with Crippen LogP contribution in [0.2, 0.25) is 0 Å². The molecule has 1 atom stereocenters. The molecule has 11 heteroatoms. The number of hydroxylamine groups is 2. The highest BCUT2D eigenvalue weighted by Gasteiger charge is 2.31. The molecule has 0 aromatic heterocycles. The van der Waals surface area contributed by atoms with Crippen molar-refractivity contribution in [3.05, 3.63) is 53.8 Å². The van der Waals surface area contributed by atoms with E-state index in [0.717, 1.165) is 5.69 Å². The molecule has 1 saturated heterocycles. The van der Waals surface area contributed by atoms with Gasteiger partial charge in [-0.25, -0.2) is 17.9 Å². The maximum Gasteiger partial charge on any atom is 0.234 e. The summed E-state index contributed by atoms with van der Waals surface area (Å²) in [6.45, 7) is 1.39. The quantitative estimate of drug-likeness (QED) is 0.291. The lowest BCUT2D eigenvalue weighted by Gasteiger charge is -2.36. The molecule has 0 bridgehead atoms. The molecule has 174 valence electrons. The number of hydrogen-bond donors (Lipinski definition) is 1. The molecule has 0 saturated carbocycles. The van der Waals surface area contributed by atoms with Crippen LogP contribution in [0.25, 0.3) is 0 Å². The van der Waals surface area contributed by atoms with Gasteiger partial charge in [0.1, 0.15) is 11.9 Å². The smallest absolute Gasteiger partial charge is 0.234 e. The number of anilines is 1. The maximum absolute atomic E-state index is 13.1. The van der Waals surface area contributed by atoms with Crippen molar-refractivity contribution in [1.82, 2.24) is 9.37 Å². The van der Waals surface area contributed by atoms with E-state index in [1.54, 1.807) is 30.3 Å². The van der Waals surface area contributed by atoms with E-state index in [1.807, 2.05) is 4.90 Å². The standard InChI is InChI=1S/C22H22FN3O6S/c23-18-3-6-19(7-4-18)24-9-11-25(12-10-24)33(29,30)14-20(26(28)15-27)5-1-17-2-8-21-22(13-17)32-16-31-21/h2-4,6-8,13,15,20,28H,9-12,14,16H2. The van der Waals surface area contributed by atoms with Gasteiger partial charge in [-0.15, -0.1) is 0 Å². The van der Waals surface area contributed by atoms with E-state index in [2.05, 4.69) is 11.8 Å². The number of piperazine rings is 1. The maximum atomic E-state index is 13.1. The molecule has 2 heterocycles. The third kappa shape index (κ3) is 5.36. The van der Waals surface area contributed by atoms with E-state index in [4.69, 9.17) is 9.47 Å². The van der Waals surface area contributed by atoms with Crippen LogP contribution in [0.5, 0.6) is 11.5 Å². The summed E-state index contributed by atoms with van der Waals surface area (Å²) in [6.07, 6.45) is 0.126. The van der Waals surface area contributed by atoms with Crippen molar-refractivity contribution in [2.45, 2.75) is 6.04 Å². The largest absolute Gasteiger partial charge is 0.454 e. The van der Waals surface area contributed by atoms with Crippen LogP contribution in [0.4, 0.5) is 10.1 Å². The molecule has 2 aliphatic heterocycles. The molecule has 1 fully saturated rings. The summed E-state index contributed by atoms with van der Waals surface area (Å²) in [7, 11) is -3.83. The summed E-state index contributed by atoms with van der Waals surface area (Å²) in [4.78, 5) is 13.1. The Labute approximate surface area is 190 Å². The molecule has 2 aliphatic rings. The molecule has 1 unspecified atom stereocenters. The van der Waals surface area contributed by atoms with Gasteiger partial charge < -0.3 is 14.4 Å². The fourth-order valence-corrected chi connectivity index (χ4v) is 5.15. The SMILES string of the molecule is O=CN(O)C(C#Cc1ccc2c(c1)OCO2)CS(=O)(=O)N1CCN(c2ccc(F)cc2)CC1. The number of hydrogen-bond acceptors (Lipinski definition) is 7. The van der Waals surface area contributed by atoms with Crippen LogP contribution in [0.1, 0.15) is 5.56 Å². The highest BCUT2D eigenvalue weighted by Crippen LogP contribution is 2.32. The Kier molecular flexibility index (Phi) is 6.69. The lowest BCUT2D eigenvalue weighted by Crippen LogP contribution is -2.51. The Balaban J connectivity index is 1.43. The molecule has 4 rings (SSSR count). The lowest BCUT2D eigenvalue weighted by atomic mass is 10.2. The number of rotatable bonds is 6. The third-order valence-electron chi connectivity index (χ3n) is 5.38. The predicted molar refractivity (Wildman–Crippen MR) is 117 cm³/mol. The van der Waals surface area contributed by atoms with Crippen LogP contribution in [-0.4, -0.2) is 74.2 Å². The molecule has 9 nitrogen and oxygen atoms in total. The molecule has 0 spiro atoms. The van der Waals surface area contributed by atoms with Gasteiger partial charge in [-0.1, -0.05) is 11.8 Å². The van der Waals surface area contributed by atoms with E-state index in [0.29, 0.717) is 30.2 Å². The third-order valence-corrected chi connectivity index (χ3v) is 7.26. The molecule has 1 N–H and O–H groups in total. The summed E-state index contributed by atoms with van der Waals surface area (Å²) >= 11 is 0. The number of sulfonamides is 1. The van der Waals surface area contributed by atoms with Crippen molar-refractivity contribution >= 4 is 22.1 Å². The Bertz CT molecular complexity index is 1170. The topological polar surface area (TPSA) is 99.6 Å². The summed E-state index contributed by atoms with van der Waals surface area (Å²) in [5, 5.41) is 10.2. The number of carbonyl (C=O) groups excluding carboxylic acids is 1. The van der Waals surface area contributed by atoms with Gasteiger partial charge in [0.25, 0.3) is 0 Å². The van der Waals surface area contributed by atoms with E-state index in [9.17, 15) is 22.8 Å². The number of amides is 1. The summed E-state index contributed by atoms with van der Waals surface area (Å²) in [6, 6.07) is 9.74. The Morgan fingerprint density at radius 3 is 2.48 bits per heavy atom. The number of carbonyl (C=O) groups is 1. The van der Waals surface area contributed by atoms with Crippen molar-refractivity contribution in [2.75, 3.05) is 43.6 Å². The van der Waals surface area contributed by atoms with Crippen molar-refractivity contribution in [1.29, 1.82) is 0 Å². The Morgan fingerprint density at radius 2 is 1.79 bits per heavy atom. The molecule has 33 heavy (non-hydrogen) atoms. The minimum Gasteiger partial charge on any atom is -0.454 e. The zero-order chi connectivity index (χ0) is 23.4. The van der Waals surface area contributed by atoms with Gasteiger partial charge in [0.05, 0.1) is 5.75 Å². The minimum atomic E-state index is -3.83. The Hall–Kier alpha value is -3.33. The summed E-state index contributed by atoms with van der Waals surface area (Å²) in [5.41, 5.74) is 1.33. The fraction of sp³-hybridized carbons (Fsp3) is 0.318.